The van der Waals surface area contributed by atoms with Gasteiger partial charge in [0, 0.05) is 36.0 Å². The number of rotatable bonds is 7. The van der Waals surface area contributed by atoms with Crippen LogP contribution in [0.5, 0.6) is 11.5 Å². The number of carbonyl (C=O) groups excluding carboxylic acids is 1. The molecule has 10 heteroatoms. The van der Waals surface area contributed by atoms with Crippen LogP contribution in [0.4, 0.5) is 5.13 Å². The number of nitrogens with zero attached hydrogens (tertiary/aromatic N) is 2. The highest BCUT2D eigenvalue weighted by molar-refractivity contribution is 7.89. The third-order valence-electron chi connectivity index (χ3n) is 5.62. The minimum atomic E-state index is -3.70. The summed E-state index contributed by atoms with van der Waals surface area (Å²) in [4.78, 5) is 17.4. The largest absolute Gasteiger partial charge is 0.493 e. The number of benzene rings is 2. The van der Waals surface area contributed by atoms with E-state index in [1.54, 1.807) is 6.07 Å². The summed E-state index contributed by atoms with van der Waals surface area (Å²) in [6.45, 7) is 0.532. The molecule has 1 fully saturated rings. The van der Waals surface area contributed by atoms with Crippen molar-refractivity contribution in [3.8, 4) is 22.8 Å². The van der Waals surface area contributed by atoms with Gasteiger partial charge in [0.15, 0.2) is 16.6 Å². The minimum absolute atomic E-state index is 0.132. The number of ether oxygens (including phenoxy) is 2. The molecule has 0 aliphatic carbocycles. The zero-order valence-electron chi connectivity index (χ0n) is 18.4. The number of nitrogens with one attached hydrogen (secondary N) is 1. The second-order valence-electron chi connectivity index (χ2n) is 7.59. The van der Waals surface area contributed by atoms with Crippen LogP contribution in [-0.4, -0.2) is 50.9 Å². The summed E-state index contributed by atoms with van der Waals surface area (Å²) < 4.78 is 38.0. The Hall–Kier alpha value is -2.95. The number of sulfonamides is 1. The first-order valence-electron chi connectivity index (χ1n) is 10.5. The molecule has 4 rings (SSSR count). The number of carbonyl (C=O) groups is 1. The van der Waals surface area contributed by atoms with E-state index in [1.165, 1.54) is 42.0 Å². The monoisotopic (exact) mass is 487 g/mol. The Balaban J connectivity index is 1.37. The highest BCUT2D eigenvalue weighted by Gasteiger charge is 2.33. The molecule has 1 N–H and O–H groups in total. The maximum Gasteiger partial charge on any atom is 0.243 e. The van der Waals surface area contributed by atoms with Crippen molar-refractivity contribution in [2.75, 3.05) is 32.6 Å². The molecular weight excluding hydrogens is 462 g/mol. The second-order valence-corrected chi connectivity index (χ2v) is 10.4. The summed E-state index contributed by atoms with van der Waals surface area (Å²) >= 11 is 1.37. The van der Waals surface area contributed by atoms with Crippen LogP contribution in [0.3, 0.4) is 0 Å². The van der Waals surface area contributed by atoms with Gasteiger partial charge < -0.3 is 14.8 Å². The van der Waals surface area contributed by atoms with Gasteiger partial charge >= 0.3 is 0 Å². The van der Waals surface area contributed by atoms with Crippen LogP contribution in [0.1, 0.15) is 12.8 Å². The first-order chi connectivity index (χ1) is 15.9. The highest BCUT2D eigenvalue weighted by atomic mass is 32.2. The van der Waals surface area contributed by atoms with Gasteiger partial charge in [-0.05, 0) is 25.0 Å². The van der Waals surface area contributed by atoms with E-state index in [2.05, 4.69) is 10.3 Å². The van der Waals surface area contributed by atoms with Crippen molar-refractivity contribution < 1.29 is 22.7 Å². The predicted molar refractivity (Wildman–Crippen MR) is 127 cm³/mol. The summed E-state index contributed by atoms with van der Waals surface area (Å²) in [7, 11) is -0.741. The van der Waals surface area contributed by atoms with Gasteiger partial charge in [0.2, 0.25) is 15.9 Å². The molecule has 1 aliphatic rings. The van der Waals surface area contributed by atoms with Crippen molar-refractivity contribution in [1.29, 1.82) is 0 Å². The molecule has 1 aliphatic heterocycles. The second kappa shape index (κ2) is 9.90. The summed E-state index contributed by atoms with van der Waals surface area (Å²) in [6, 6.07) is 14.3. The van der Waals surface area contributed by atoms with Crippen LogP contribution in [0.25, 0.3) is 11.3 Å². The lowest BCUT2D eigenvalue weighted by Gasteiger charge is -2.30. The van der Waals surface area contributed by atoms with Gasteiger partial charge in [-0.3, -0.25) is 4.79 Å². The molecule has 0 spiro atoms. The maximum atomic E-state index is 13.1. The van der Waals surface area contributed by atoms with Crippen molar-refractivity contribution in [1.82, 2.24) is 9.29 Å². The summed E-state index contributed by atoms with van der Waals surface area (Å²) in [5.41, 5.74) is 1.80. The summed E-state index contributed by atoms with van der Waals surface area (Å²) in [6.07, 6.45) is 0.880. The smallest absolute Gasteiger partial charge is 0.243 e. The van der Waals surface area contributed by atoms with Crippen molar-refractivity contribution in [3.05, 3.63) is 53.9 Å². The molecule has 0 radical (unpaired) electrons. The third-order valence-corrected chi connectivity index (χ3v) is 8.27. The van der Waals surface area contributed by atoms with Crippen LogP contribution < -0.4 is 14.8 Å². The number of hydrogen-bond donors (Lipinski definition) is 1. The van der Waals surface area contributed by atoms with Crippen molar-refractivity contribution in [2.45, 2.75) is 17.7 Å². The number of aromatic nitrogens is 1. The Kier molecular flexibility index (Phi) is 6.96. The predicted octanol–water partition coefficient (Wildman–Crippen LogP) is 3.87. The zero-order chi connectivity index (χ0) is 23.4. The Morgan fingerprint density at radius 1 is 1.06 bits per heavy atom. The third kappa shape index (κ3) is 5.02. The van der Waals surface area contributed by atoms with E-state index in [1.807, 2.05) is 35.7 Å². The molecule has 1 saturated heterocycles. The molecule has 2 heterocycles. The van der Waals surface area contributed by atoms with Crippen molar-refractivity contribution in [3.63, 3.8) is 0 Å². The van der Waals surface area contributed by atoms with Gasteiger partial charge in [0.05, 0.1) is 24.8 Å². The summed E-state index contributed by atoms with van der Waals surface area (Å²) in [5, 5.41) is 5.33. The molecule has 33 heavy (non-hydrogen) atoms. The molecule has 3 aromatic rings. The van der Waals surface area contributed by atoms with E-state index in [-0.39, 0.29) is 29.8 Å². The Morgan fingerprint density at radius 2 is 1.76 bits per heavy atom. The molecule has 0 saturated carbocycles. The molecule has 8 nitrogen and oxygen atoms in total. The summed E-state index contributed by atoms with van der Waals surface area (Å²) in [5.74, 6) is 0.411. The lowest BCUT2D eigenvalue weighted by molar-refractivity contribution is -0.120. The number of methoxy groups -OCH3 is 2. The van der Waals surface area contributed by atoms with Gasteiger partial charge in [0.25, 0.3) is 0 Å². The Labute approximate surface area is 197 Å². The molecule has 0 atom stereocenters. The normalized spacial score (nSPS) is 15.2. The lowest BCUT2D eigenvalue weighted by atomic mass is 9.97. The van der Waals surface area contributed by atoms with E-state index in [4.69, 9.17) is 9.47 Å². The van der Waals surface area contributed by atoms with Gasteiger partial charge in [-0.2, -0.15) is 4.31 Å². The number of thiazole rings is 1. The highest BCUT2D eigenvalue weighted by Crippen LogP contribution is 2.32. The number of amides is 1. The van der Waals surface area contributed by atoms with Crippen molar-refractivity contribution in [2.24, 2.45) is 5.92 Å². The number of anilines is 1. The van der Waals surface area contributed by atoms with E-state index in [0.717, 1.165) is 11.3 Å². The molecule has 1 amide bonds. The molecule has 0 bridgehead atoms. The quantitative estimate of drug-likeness (QED) is 0.543. The first kappa shape index (κ1) is 23.2. The number of piperidine rings is 1. The standard InChI is InChI=1S/C23H25N3O5S2/c1-30-20-9-8-18(14-21(20)31-2)33(28,29)26-12-10-17(11-13-26)22(27)25-23-24-19(15-32-23)16-6-4-3-5-7-16/h3-9,14-15,17H,10-13H2,1-2H3,(H,24,25,27). The molecular formula is C23H25N3O5S2. The van der Waals surface area contributed by atoms with Gasteiger partial charge in [0.1, 0.15) is 0 Å². The SMILES string of the molecule is COc1ccc(S(=O)(=O)N2CCC(C(=O)Nc3nc(-c4ccccc4)cs3)CC2)cc1OC. The maximum absolute atomic E-state index is 13.1. The van der Waals surface area contributed by atoms with E-state index in [0.29, 0.717) is 29.5 Å². The lowest BCUT2D eigenvalue weighted by Crippen LogP contribution is -2.41. The fourth-order valence-corrected chi connectivity index (χ4v) is 5.97. The Bertz CT molecular complexity index is 1220. The van der Waals surface area contributed by atoms with Crippen LogP contribution >= 0.6 is 11.3 Å². The average molecular weight is 488 g/mol. The van der Waals surface area contributed by atoms with Crippen LogP contribution in [0.2, 0.25) is 0 Å². The van der Waals surface area contributed by atoms with Gasteiger partial charge in [-0.25, -0.2) is 13.4 Å². The van der Waals surface area contributed by atoms with Gasteiger partial charge in [-0.1, -0.05) is 30.3 Å². The van der Waals surface area contributed by atoms with E-state index >= 15 is 0 Å². The van der Waals surface area contributed by atoms with Crippen LogP contribution in [0.15, 0.2) is 58.8 Å². The topological polar surface area (TPSA) is 97.8 Å². The molecule has 0 unspecified atom stereocenters. The van der Waals surface area contributed by atoms with Crippen molar-refractivity contribution >= 4 is 32.4 Å². The van der Waals surface area contributed by atoms with E-state index < -0.39 is 10.0 Å². The fourth-order valence-electron chi connectivity index (χ4n) is 3.76. The van der Waals surface area contributed by atoms with Crippen LogP contribution in [-0.2, 0) is 14.8 Å². The molecule has 1 aromatic heterocycles. The minimum Gasteiger partial charge on any atom is -0.493 e. The Morgan fingerprint density at radius 3 is 2.42 bits per heavy atom. The van der Waals surface area contributed by atoms with Crippen LogP contribution in [0, 0.1) is 5.92 Å². The van der Waals surface area contributed by atoms with Gasteiger partial charge in [-0.15, -0.1) is 11.3 Å². The zero-order valence-corrected chi connectivity index (χ0v) is 20.0. The molecule has 2 aromatic carbocycles. The fraction of sp³-hybridized carbons (Fsp3) is 0.304. The first-order valence-corrected chi connectivity index (χ1v) is 12.8. The average Bonchev–Trinajstić information content (AvgIpc) is 3.32. The number of hydrogen-bond acceptors (Lipinski definition) is 7. The van der Waals surface area contributed by atoms with E-state index in [9.17, 15) is 13.2 Å². The molecule has 174 valence electrons.